The minimum absolute atomic E-state index is 0.388. The molecule has 1 saturated heterocycles. The number of hydrogen-bond donors (Lipinski definition) is 1. The van der Waals surface area contributed by atoms with Crippen LogP contribution in [0.4, 0.5) is 0 Å². The smallest absolute Gasteiger partial charge is 0.119 e. The van der Waals surface area contributed by atoms with E-state index in [1.807, 2.05) is 24.3 Å². The van der Waals surface area contributed by atoms with Gasteiger partial charge in [-0.3, -0.25) is 0 Å². The van der Waals surface area contributed by atoms with Gasteiger partial charge in [-0.15, -0.1) is 0 Å². The van der Waals surface area contributed by atoms with E-state index >= 15 is 0 Å². The molecular weight excluding hydrogens is 274 g/mol. The molecule has 20 heavy (non-hydrogen) atoms. The maximum atomic E-state index is 5.84. The van der Waals surface area contributed by atoms with Crippen LogP contribution in [0.25, 0.3) is 0 Å². The zero-order chi connectivity index (χ0) is 14.4. The Hall–Kier alpha value is -0.770. The molecule has 1 aliphatic heterocycles. The Labute approximate surface area is 126 Å². The fourth-order valence-electron chi connectivity index (χ4n) is 2.79. The highest BCUT2D eigenvalue weighted by atomic mass is 35.5. The maximum absolute atomic E-state index is 5.84. The molecule has 0 aliphatic carbocycles. The van der Waals surface area contributed by atoms with Gasteiger partial charge >= 0.3 is 0 Å². The highest BCUT2D eigenvalue weighted by molar-refractivity contribution is 6.30. The Balaban J connectivity index is 1.58. The van der Waals surface area contributed by atoms with Crippen molar-refractivity contribution in [2.24, 2.45) is 0 Å². The largest absolute Gasteiger partial charge is 0.494 e. The molecule has 0 amide bonds. The van der Waals surface area contributed by atoms with Gasteiger partial charge in [-0.1, -0.05) is 11.6 Å². The number of quaternary nitrogens is 1. The third-order valence-electron chi connectivity index (χ3n) is 3.62. The molecule has 4 heteroatoms. The summed E-state index contributed by atoms with van der Waals surface area (Å²) in [4.78, 5) is 1.66. The first-order valence-electron chi connectivity index (χ1n) is 7.51. The molecule has 1 N–H and O–H groups in total. The number of unbranched alkanes of at least 4 members (excludes halogenated alkanes) is 1. The van der Waals surface area contributed by atoms with Crippen LogP contribution in [0.15, 0.2) is 24.3 Å². The van der Waals surface area contributed by atoms with Crippen LogP contribution in [0.5, 0.6) is 5.75 Å². The molecule has 3 nitrogen and oxygen atoms in total. The van der Waals surface area contributed by atoms with E-state index < -0.39 is 0 Å². The van der Waals surface area contributed by atoms with Crippen LogP contribution < -0.4 is 9.64 Å². The topological polar surface area (TPSA) is 22.9 Å². The van der Waals surface area contributed by atoms with E-state index in [4.69, 9.17) is 21.1 Å². The van der Waals surface area contributed by atoms with Gasteiger partial charge in [0.25, 0.3) is 0 Å². The molecule has 2 rings (SSSR count). The van der Waals surface area contributed by atoms with Crippen molar-refractivity contribution < 1.29 is 14.4 Å². The normalized spacial score (nSPS) is 26.4. The van der Waals surface area contributed by atoms with Gasteiger partial charge in [-0.25, -0.2) is 0 Å². The quantitative estimate of drug-likeness (QED) is 0.814. The zero-order valence-corrected chi connectivity index (χ0v) is 13.2. The number of hydrogen-bond acceptors (Lipinski definition) is 2. The Morgan fingerprint density at radius 2 is 1.80 bits per heavy atom. The maximum Gasteiger partial charge on any atom is 0.119 e. The van der Waals surface area contributed by atoms with Crippen molar-refractivity contribution in [3.63, 3.8) is 0 Å². The van der Waals surface area contributed by atoms with E-state index in [9.17, 15) is 0 Å². The van der Waals surface area contributed by atoms with Crippen LogP contribution in [0.1, 0.15) is 26.7 Å². The lowest BCUT2D eigenvalue weighted by molar-refractivity contribution is -0.915. The van der Waals surface area contributed by atoms with Crippen LogP contribution >= 0.6 is 11.6 Å². The average molecular weight is 299 g/mol. The average Bonchev–Trinajstić information content (AvgIpc) is 2.39. The molecule has 2 atom stereocenters. The van der Waals surface area contributed by atoms with E-state index in [-0.39, 0.29) is 0 Å². The molecule has 1 heterocycles. The fraction of sp³-hybridized carbons (Fsp3) is 0.625. The minimum atomic E-state index is 0.388. The fourth-order valence-corrected chi connectivity index (χ4v) is 2.92. The summed E-state index contributed by atoms with van der Waals surface area (Å²) < 4.78 is 11.5. The van der Waals surface area contributed by atoms with Gasteiger partial charge in [-0.05, 0) is 51.0 Å². The molecule has 1 aromatic rings. The van der Waals surface area contributed by atoms with Gasteiger partial charge < -0.3 is 14.4 Å². The van der Waals surface area contributed by atoms with E-state index in [0.717, 1.165) is 36.9 Å². The lowest BCUT2D eigenvalue weighted by Gasteiger charge is -2.32. The van der Waals surface area contributed by atoms with Crippen LogP contribution in [0.3, 0.4) is 0 Å². The molecule has 0 aromatic heterocycles. The summed E-state index contributed by atoms with van der Waals surface area (Å²) in [5, 5.41) is 0.747. The molecule has 0 spiro atoms. The number of rotatable bonds is 6. The zero-order valence-electron chi connectivity index (χ0n) is 12.4. The van der Waals surface area contributed by atoms with Gasteiger partial charge in [0, 0.05) is 5.02 Å². The molecule has 1 fully saturated rings. The molecule has 1 aliphatic rings. The monoisotopic (exact) mass is 298 g/mol. The third kappa shape index (κ3) is 5.31. The summed E-state index contributed by atoms with van der Waals surface area (Å²) in [7, 11) is 0. The Morgan fingerprint density at radius 1 is 1.15 bits per heavy atom. The molecule has 0 unspecified atom stereocenters. The second kappa shape index (κ2) is 7.87. The SMILES string of the molecule is C[C@H]1C[NH+](CCCCOc2ccc(Cl)cc2)C[C@H](C)O1. The molecule has 112 valence electrons. The lowest BCUT2D eigenvalue weighted by Crippen LogP contribution is -3.15. The number of ether oxygens (including phenoxy) is 2. The number of morpholine rings is 1. The molecular formula is C16H25ClNO2+. The summed E-state index contributed by atoms with van der Waals surface area (Å²) in [5.41, 5.74) is 0. The van der Waals surface area contributed by atoms with Crippen molar-refractivity contribution in [1.29, 1.82) is 0 Å². The Morgan fingerprint density at radius 3 is 2.45 bits per heavy atom. The van der Waals surface area contributed by atoms with E-state index in [1.54, 1.807) is 4.90 Å². The first-order valence-corrected chi connectivity index (χ1v) is 7.88. The third-order valence-corrected chi connectivity index (χ3v) is 3.88. The summed E-state index contributed by atoms with van der Waals surface area (Å²) in [6.45, 7) is 8.57. The van der Waals surface area contributed by atoms with Crippen molar-refractivity contribution in [1.82, 2.24) is 0 Å². The van der Waals surface area contributed by atoms with E-state index in [1.165, 1.54) is 13.0 Å². The van der Waals surface area contributed by atoms with Crippen LogP contribution in [-0.2, 0) is 4.74 Å². The highest BCUT2D eigenvalue weighted by Gasteiger charge is 2.24. The predicted octanol–water partition coefficient (Wildman–Crippen LogP) is 2.19. The first-order chi connectivity index (χ1) is 9.63. The number of benzene rings is 1. The Kier molecular flexibility index (Phi) is 6.14. The van der Waals surface area contributed by atoms with Crippen molar-refractivity contribution in [3.8, 4) is 5.75 Å². The molecule has 0 radical (unpaired) electrons. The number of nitrogens with one attached hydrogen (secondary N) is 1. The van der Waals surface area contributed by atoms with Gasteiger partial charge in [0.1, 0.15) is 31.0 Å². The second-order valence-corrected chi connectivity index (χ2v) is 6.11. The predicted molar refractivity (Wildman–Crippen MR) is 81.8 cm³/mol. The van der Waals surface area contributed by atoms with Crippen LogP contribution in [0, 0.1) is 0 Å². The van der Waals surface area contributed by atoms with Gasteiger partial charge in [0.05, 0.1) is 13.2 Å². The minimum Gasteiger partial charge on any atom is -0.494 e. The first kappa shape index (κ1) is 15.6. The van der Waals surface area contributed by atoms with E-state index in [2.05, 4.69) is 13.8 Å². The lowest BCUT2D eigenvalue weighted by atomic mass is 10.2. The molecule has 0 saturated carbocycles. The highest BCUT2D eigenvalue weighted by Crippen LogP contribution is 2.15. The molecule has 1 aromatic carbocycles. The summed E-state index contributed by atoms with van der Waals surface area (Å²) in [6.07, 6.45) is 3.07. The van der Waals surface area contributed by atoms with Crippen molar-refractivity contribution in [2.45, 2.75) is 38.9 Å². The number of halogens is 1. The van der Waals surface area contributed by atoms with Crippen LogP contribution in [0.2, 0.25) is 5.02 Å². The van der Waals surface area contributed by atoms with Crippen molar-refractivity contribution in [2.75, 3.05) is 26.2 Å². The standard InChI is InChI=1S/C16H24ClNO2/c1-13-11-18(12-14(2)20-13)9-3-4-10-19-16-7-5-15(17)6-8-16/h5-8,13-14H,3-4,9-12H2,1-2H3/p+1/t13-,14-/m0/s1. The summed E-state index contributed by atoms with van der Waals surface area (Å²) in [5.74, 6) is 0.898. The van der Waals surface area contributed by atoms with E-state index in [0.29, 0.717) is 12.2 Å². The molecule has 0 bridgehead atoms. The summed E-state index contributed by atoms with van der Waals surface area (Å²) in [6, 6.07) is 7.55. The van der Waals surface area contributed by atoms with Gasteiger partial charge in [0.15, 0.2) is 0 Å². The van der Waals surface area contributed by atoms with Gasteiger partial charge in [-0.2, -0.15) is 0 Å². The summed E-state index contributed by atoms with van der Waals surface area (Å²) >= 11 is 5.84. The second-order valence-electron chi connectivity index (χ2n) is 5.68. The van der Waals surface area contributed by atoms with Crippen molar-refractivity contribution in [3.05, 3.63) is 29.3 Å². The van der Waals surface area contributed by atoms with Gasteiger partial charge in [0.2, 0.25) is 0 Å². The van der Waals surface area contributed by atoms with Crippen LogP contribution in [-0.4, -0.2) is 38.4 Å². The van der Waals surface area contributed by atoms with Crippen molar-refractivity contribution >= 4 is 11.6 Å². The Bertz CT molecular complexity index is 386.